The summed E-state index contributed by atoms with van der Waals surface area (Å²) in [5, 5.41) is 0. The van der Waals surface area contributed by atoms with E-state index in [9.17, 15) is 12.8 Å². The van der Waals surface area contributed by atoms with Gasteiger partial charge in [-0.05, 0) is 24.3 Å². The van der Waals surface area contributed by atoms with E-state index in [4.69, 9.17) is 4.74 Å². The van der Waals surface area contributed by atoms with E-state index >= 15 is 0 Å². The zero-order valence-corrected chi connectivity index (χ0v) is 13.1. The molecule has 122 valence electrons. The highest BCUT2D eigenvalue weighted by molar-refractivity contribution is 7.92. The predicted molar refractivity (Wildman–Crippen MR) is 85.8 cm³/mol. The summed E-state index contributed by atoms with van der Waals surface area (Å²) in [5.74, 6) is -0.565. The van der Waals surface area contributed by atoms with Gasteiger partial charge in [0.05, 0.1) is 23.0 Å². The van der Waals surface area contributed by atoms with Crippen molar-refractivity contribution in [2.75, 3.05) is 4.72 Å². The Balaban J connectivity index is 1.74. The molecule has 0 aliphatic heterocycles. The van der Waals surface area contributed by atoms with E-state index < -0.39 is 15.8 Å². The Bertz CT molecular complexity index is 932. The lowest BCUT2D eigenvalue weighted by molar-refractivity contribution is 0.411. The molecule has 24 heavy (non-hydrogen) atoms. The molecule has 0 aliphatic rings. The number of hydrogen-bond donors (Lipinski definition) is 1. The van der Waals surface area contributed by atoms with Crippen molar-refractivity contribution in [3.05, 3.63) is 72.8 Å². The summed E-state index contributed by atoms with van der Waals surface area (Å²) in [6, 6.07) is 13.6. The first-order chi connectivity index (χ1) is 11.5. The minimum absolute atomic E-state index is 0.0184. The van der Waals surface area contributed by atoms with Crippen molar-refractivity contribution in [2.24, 2.45) is 0 Å². The van der Waals surface area contributed by atoms with Crippen LogP contribution >= 0.6 is 0 Å². The molecule has 0 saturated carbocycles. The molecule has 0 fully saturated rings. The third-order valence-corrected chi connectivity index (χ3v) is 4.37. The lowest BCUT2D eigenvalue weighted by Crippen LogP contribution is -2.13. The monoisotopic (exact) mass is 345 g/mol. The molecule has 2 aromatic carbocycles. The zero-order valence-electron chi connectivity index (χ0n) is 12.3. The standard InChI is InChI=1S/C16H12FN3O3S/c17-14-8-4-5-9-15(14)23-16-18-10-12(11-19-16)20-24(21,22)13-6-2-1-3-7-13/h1-11,20H. The molecule has 1 aromatic heterocycles. The third kappa shape index (κ3) is 3.66. The summed E-state index contributed by atoms with van der Waals surface area (Å²) in [6.07, 6.45) is 2.48. The van der Waals surface area contributed by atoms with Gasteiger partial charge < -0.3 is 4.74 Å². The smallest absolute Gasteiger partial charge is 0.322 e. The highest BCUT2D eigenvalue weighted by Crippen LogP contribution is 2.22. The fourth-order valence-corrected chi connectivity index (χ4v) is 2.91. The maximum Gasteiger partial charge on any atom is 0.322 e. The summed E-state index contributed by atoms with van der Waals surface area (Å²) in [5.41, 5.74) is 0.166. The summed E-state index contributed by atoms with van der Waals surface area (Å²) in [6.45, 7) is 0. The second kappa shape index (κ2) is 6.63. The van der Waals surface area contributed by atoms with E-state index in [1.54, 1.807) is 24.3 Å². The Morgan fingerprint density at radius 2 is 1.54 bits per heavy atom. The van der Waals surface area contributed by atoms with Crippen LogP contribution in [0.4, 0.5) is 10.1 Å². The molecule has 0 saturated heterocycles. The van der Waals surface area contributed by atoms with Gasteiger partial charge in [-0.3, -0.25) is 4.72 Å². The van der Waals surface area contributed by atoms with Crippen LogP contribution in [0.25, 0.3) is 0 Å². The van der Waals surface area contributed by atoms with Gasteiger partial charge in [0.2, 0.25) is 0 Å². The summed E-state index contributed by atoms with van der Waals surface area (Å²) in [7, 11) is -3.72. The summed E-state index contributed by atoms with van der Waals surface area (Å²) < 4.78 is 45.4. The van der Waals surface area contributed by atoms with Crippen LogP contribution in [0.15, 0.2) is 71.9 Å². The predicted octanol–water partition coefficient (Wildman–Crippen LogP) is 3.21. The minimum atomic E-state index is -3.72. The molecule has 6 nitrogen and oxygen atoms in total. The first-order valence-electron chi connectivity index (χ1n) is 6.87. The van der Waals surface area contributed by atoms with Crippen molar-refractivity contribution >= 4 is 15.7 Å². The van der Waals surface area contributed by atoms with Crippen LogP contribution in [0.2, 0.25) is 0 Å². The molecule has 0 amide bonds. The summed E-state index contributed by atoms with van der Waals surface area (Å²) >= 11 is 0. The molecule has 0 unspecified atom stereocenters. The molecule has 3 aromatic rings. The molecule has 0 atom stereocenters. The molecule has 1 N–H and O–H groups in total. The lowest BCUT2D eigenvalue weighted by atomic mass is 10.3. The fraction of sp³-hybridized carbons (Fsp3) is 0. The average Bonchev–Trinajstić information content (AvgIpc) is 2.59. The van der Waals surface area contributed by atoms with Crippen LogP contribution in [0.3, 0.4) is 0 Å². The molecule has 0 radical (unpaired) electrons. The first kappa shape index (κ1) is 15.9. The van der Waals surface area contributed by atoms with E-state index in [1.807, 2.05) is 0 Å². The molecular formula is C16H12FN3O3S. The maximum atomic E-state index is 13.5. The highest BCUT2D eigenvalue weighted by atomic mass is 32.2. The quantitative estimate of drug-likeness (QED) is 0.768. The van der Waals surface area contributed by atoms with Gasteiger partial charge in [0.15, 0.2) is 11.6 Å². The van der Waals surface area contributed by atoms with Crippen molar-refractivity contribution in [2.45, 2.75) is 4.90 Å². The normalized spacial score (nSPS) is 11.0. The largest absolute Gasteiger partial charge is 0.421 e. The van der Waals surface area contributed by atoms with Crippen LogP contribution < -0.4 is 9.46 Å². The molecule has 0 aliphatic carbocycles. The highest BCUT2D eigenvalue weighted by Gasteiger charge is 2.14. The Morgan fingerprint density at radius 1 is 0.917 bits per heavy atom. The molecular weight excluding hydrogens is 333 g/mol. The topological polar surface area (TPSA) is 81.2 Å². The van der Waals surface area contributed by atoms with Crippen molar-refractivity contribution in [1.29, 1.82) is 0 Å². The van der Waals surface area contributed by atoms with Gasteiger partial charge >= 0.3 is 6.01 Å². The Morgan fingerprint density at radius 3 is 2.21 bits per heavy atom. The van der Waals surface area contributed by atoms with E-state index in [-0.39, 0.29) is 22.3 Å². The SMILES string of the molecule is O=S(=O)(Nc1cnc(Oc2ccccc2F)nc1)c1ccccc1. The van der Waals surface area contributed by atoms with Gasteiger partial charge in [-0.15, -0.1) is 0 Å². The van der Waals surface area contributed by atoms with Crippen molar-refractivity contribution in [3.8, 4) is 11.8 Å². The van der Waals surface area contributed by atoms with Gasteiger partial charge in [0, 0.05) is 0 Å². The van der Waals surface area contributed by atoms with Gasteiger partial charge in [-0.1, -0.05) is 30.3 Å². The Labute approximate surface area is 138 Å². The number of aromatic nitrogens is 2. The molecule has 0 spiro atoms. The van der Waals surface area contributed by atoms with Crippen molar-refractivity contribution in [1.82, 2.24) is 9.97 Å². The van der Waals surface area contributed by atoms with Crippen LogP contribution in [-0.2, 0) is 10.0 Å². The van der Waals surface area contributed by atoms with E-state index in [1.165, 1.54) is 42.7 Å². The van der Waals surface area contributed by atoms with Gasteiger partial charge in [0.1, 0.15) is 0 Å². The first-order valence-corrected chi connectivity index (χ1v) is 8.35. The second-order valence-corrected chi connectivity index (χ2v) is 6.39. The molecule has 1 heterocycles. The number of hydrogen-bond acceptors (Lipinski definition) is 5. The van der Waals surface area contributed by atoms with Crippen LogP contribution in [-0.4, -0.2) is 18.4 Å². The molecule has 3 rings (SSSR count). The van der Waals surface area contributed by atoms with Crippen molar-refractivity contribution < 1.29 is 17.5 Å². The molecule has 0 bridgehead atoms. The number of halogens is 1. The number of rotatable bonds is 5. The molecule has 8 heteroatoms. The van der Waals surface area contributed by atoms with E-state index in [0.29, 0.717) is 0 Å². The Hall–Kier alpha value is -3.00. The Kier molecular flexibility index (Phi) is 4.39. The minimum Gasteiger partial charge on any atom is -0.421 e. The summed E-state index contributed by atoms with van der Waals surface area (Å²) in [4.78, 5) is 7.85. The second-order valence-electron chi connectivity index (χ2n) is 4.71. The van der Waals surface area contributed by atoms with Gasteiger partial charge in [0.25, 0.3) is 10.0 Å². The van der Waals surface area contributed by atoms with Gasteiger partial charge in [-0.25, -0.2) is 22.8 Å². The van der Waals surface area contributed by atoms with Gasteiger partial charge in [-0.2, -0.15) is 0 Å². The number of para-hydroxylation sites is 1. The average molecular weight is 345 g/mol. The van der Waals surface area contributed by atoms with Crippen LogP contribution in [0.1, 0.15) is 0 Å². The number of ether oxygens (including phenoxy) is 1. The van der Waals surface area contributed by atoms with Crippen LogP contribution in [0, 0.1) is 5.82 Å². The fourth-order valence-electron chi connectivity index (χ4n) is 1.86. The zero-order chi connectivity index (χ0) is 17.0. The van der Waals surface area contributed by atoms with E-state index in [2.05, 4.69) is 14.7 Å². The number of benzene rings is 2. The van der Waals surface area contributed by atoms with Crippen molar-refractivity contribution in [3.63, 3.8) is 0 Å². The maximum absolute atomic E-state index is 13.5. The van der Waals surface area contributed by atoms with Crippen LogP contribution in [0.5, 0.6) is 11.8 Å². The van der Waals surface area contributed by atoms with E-state index in [0.717, 1.165) is 0 Å². The lowest BCUT2D eigenvalue weighted by Gasteiger charge is -2.08. The number of nitrogens with one attached hydrogen (secondary N) is 1. The third-order valence-electron chi connectivity index (χ3n) is 2.97. The number of sulfonamides is 1. The number of nitrogens with zero attached hydrogens (tertiary/aromatic N) is 2. The number of anilines is 1.